The molecule has 2 N–H and O–H groups in total. The van der Waals surface area contributed by atoms with Gasteiger partial charge in [0.2, 0.25) is 0 Å². The first-order valence-electron chi connectivity index (χ1n) is 8.73. The molecular weight excluding hydrogens is 403 g/mol. The number of para-hydroxylation sites is 1. The topological polar surface area (TPSA) is 102 Å². The number of nitrogens with one attached hydrogen (secondary N) is 2. The molecule has 0 saturated heterocycles. The van der Waals surface area contributed by atoms with Crippen LogP contribution in [0.1, 0.15) is 15.9 Å². The molecule has 156 valence electrons. The normalized spacial score (nSPS) is 11.2. The standard InChI is InChI=1S/C19H16F3N5O3/c20-19(21,22)14-6-7-16(17(10-14)27(29)30)23-8-9-24-18(28)13-11-25-26(12-13)15-4-2-1-3-5-15/h1-7,10-12,23H,8-9H2,(H,24,28). The van der Waals surface area contributed by atoms with Gasteiger partial charge < -0.3 is 10.6 Å². The van der Waals surface area contributed by atoms with Crippen molar-refractivity contribution in [3.63, 3.8) is 0 Å². The largest absolute Gasteiger partial charge is 0.416 e. The van der Waals surface area contributed by atoms with Crippen LogP contribution in [0.3, 0.4) is 0 Å². The zero-order chi connectivity index (χ0) is 21.7. The molecule has 0 radical (unpaired) electrons. The van der Waals surface area contributed by atoms with Crippen LogP contribution in [0.15, 0.2) is 60.9 Å². The third-order valence-corrected chi connectivity index (χ3v) is 4.11. The number of hydrogen-bond donors (Lipinski definition) is 2. The number of halogens is 3. The molecule has 0 aliphatic carbocycles. The third kappa shape index (κ3) is 4.93. The molecule has 3 rings (SSSR count). The number of hydrogen-bond acceptors (Lipinski definition) is 5. The van der Waals surface area contributed by atoms with E-state index in [4.69, 9.17) is 0 Å². The van der Waals surface area contributed by atoms with Crippen LogP contribution in [-0.2, 0) is 6.18 Å². The van der Waals surface area contributed by atoms with Crippen LogP contribution in [0, 0.1) is 10.1 Å². The van der Waals surface area contributed by atoms with E-state index in [1.165, 1.54) is 6.20 Å². The van der Waals surface area contributed by atoms with Crippen LogP contribution in [0.4, 0.5) is 24.5 Å². The van der Waals surface area contributed by atoms with E-state index in [0.29, 0.717) is 11.6 Å². The molecule has 0 atom stereocenters. The second kappa shape index (κ2) is 8.64. The molecule has 30 heavy (non-hydrogen) atoms. The molecule has 0 aliphatic heterocycles. The van der Waals surface area contributed by atoms with Gasteiger partial charge in [-0.05, 0) is 24.3 Å². The van der Waals surface area contributed by atoms with Gasteiger partial charge in [-0.25, -0.2) is 4.68 Å². The fourth-order valence-electron chi connectivity index (χ4n) is 2.65. The zero-order valence-electron chi connectivity index (χ0n) is 15.4. The van der Waals surface area contributed by atoms with Crippen molar-refractivity contribution in [2.24, 2.45) is 0 Å². The maximum atomic E-state index is 12.7. The number of alkyl halides is 3. The van der Waals surface area contributed by atoms with Crippen LogP contribution in [0.25, 0.3) is 5.69 Å². The van der Waals surface area contributed by atoms with Gasteiger partial charge in [0.1, 0.15) is 5.69 Å². The van der Waals surface area contributed by atoms with E-state index in [1.54, 1.807) is 10.9 Å². The highest BCUT2D eigenvalue weighted by atomic mass is 19.4. The van der Waals surface area contributed by atoms with E-state index in [9.17, 15) is 28.1 Å². The average Bonchev–Trinajstić information content (AvgIpc) is 3.21. The predicted molar refractivity (Wildman–Crippen MR) is 102 cm³/mol. The summed E-state index contributed by atoms with van der Waals surface area (Å²) in [5.41, 5.74) is -0.768. The van der Waals surface area contributed by atoms with Crippen LogP contribution in [0.5, 0.6) is 0 Å². The predicted octanol–water partition coefficient (Wildman–Crippen LogP) is 3.64. The molecule has 1 heterocycles. The number of carbonyl (C=O) groups is 1. The van der Waals surface area contributed by atoms with Crippen molar-refractivity contribution in [3.05, 3.63) is 82.2 Å². The lowest BCUT2D eigenvalue weighted by molar-refractivity contribution is -0.384. The summed E-state index contributed by atoms with van der Waals surface area (Å²) in [6.07, 6.45) is -1.73. The summed E-state index contributed by atoms with van der Waals surface area (Å²) in [6.45, 7) is 0.165. The Balaban J connectivity index is 1.57. The number of benzene rings is 2. The molecule has 0 spiro atoms. The number of rotatable bonds is 7. The van der Waals surface area contributed by atoms with E-state index in [1.807, 2.05) is 30.3 Å². The fourth-order valence-corrected chi connectivity index (χ4v) is 2.65. The average molecular weight is 419 g/mol. The molecular formula is C19H16F3N5O3. The lowest BCUT2D eigenvalue weighted by atomic mass is 10.1. The van der Waals surface area contributed by atoms with E-state index < -0.39 is 28.3 Å². The van der Waals surface area contributed by atoms with E-state index in [0.717, 1.165) is 17.8 Å². The quantitative estimate of drug-likeness (QED) is 0.346. The monoisotopic (exact) mass is 419 g/mol. The Morgan fingerprint density at radius 3 is 2.53 bits per heavy atom. The fraction of sp³-hybridized carbons (Fsp3) is 0.158. The number of aromatic nitrogens is 2. The van der Waals surface area contributed by atoms with Gasteiger partial charge >= 0.3 is 6.18 Å². The minimum absolute atomic E-state index is 0.0702. The molecule has 1 amide bonds. The summed E-state index contributed by atoms with van der Waals surface area (Å²) in [5.74, 6) is -0.402. The summed E-state index contributed by atoms with van der Waals surface area (Å²) >= 11 is 0. The minimum atomic E-state index is -4.68. The highest BCUT2D eigenvalue weighted by Gasteiger charge is 2.33. The number of carbonyl (C=O) groups excluding carboxylic acids is 1. The van der Waals surface area contributed by atoms with Gasteiger partial charge in [-0.3, -0.25) is 14.9 Å². The lowest BCUT2D eigenvalue weighted by Crippen LogP contribution is -2.28. The Kier molecular flexibility index (Phi) is 6.00. The van der Waals surface area contributed by atoms with Crippen molar-refractivity contribution in [2.45, 2.75) is 6.18 Å². The summed E-state index contributed by atoms with van der Waals surface area (Å²) < 4.78 is 39.7. The van der Waals surface area contributed by atoms with Gasteiger partial charge in [0.15, 0.2) is 0 Å². The van der Waals surface area contributed by atoms with Crippen LogP contribution < -0.4 is 10.6 Å². The van der Waals surface area contributed by atoms with Gasteiger partial charge in [0, 0.05) is 25.4 Å². The zero-order valence-corrected chi connectivity index (χ0v) is 15.4. The SMILES string of the molecule is O=C(NCCNc1ccc(C(F)(F)F)cc1[N+](=O)[O-])c1cnn(-c2ccccc2)c1. The summed E-state index contributed by atoms with van der Waals surface area (Å²) in [7, 11) is 0. The summed E-state index contributed by atoms with van der Waals surface area (Å²) in [5, 5.41) is 20.5. The molecule has 0 saturated carbocycles. The van der Waals surface area contributed by atoms with Crippen molar-refractivity contribution < 1.29 is 22.9 Å². The lowest BCUT2D eigenvalue weighted by Gasteiger charge is -2.11. The molecule has 2 aromatic carbocycles. The number of amides is 1. The highest BCUT2D eigenvalue weighted by Crippen LogP contribution is 2.34. The molecule has 0 fully saturated rings. The molecule has 8 nitrogen and oxygen atoms in total. The first kappa shape index (κ1) is 20.8. The Labute approximate surface area is 168 Å². The van der Waals surface area contributed by atoms with Crippen molar-refractivity contribution in [2.75, 3.05) is 18.4 Å². The van der Waals surface area contributed by atoms with Gasteiger partial charge in [0.25, 0.3) is 11.6 Å². The van der Waals surface area contributed by atoms with Gasteiger partial charge in [-0.15, -0.1) is 0 Å². The van der Waals surface area contributed by atoms with E-state index in [2.05, 4.69) is 15.7 Å². The molecule has 3 aromatic rings. The van der Waals surface area contributed by atoms with E-state index >= 15 is 0 Å². The third-order valence-electron chi connectivity index (χ3n) is 4.11. The smallest absolute Gasteiger partial charge is 0.378 e. The Hall–Kier alpha value is -3.89. The number of nitro groups is 1. The number of anilines is 1. The van der Waals surface area contributed by atoms with Gasteiger partial charge in [0.05, 0.1) is 27.9 Å². The highest BCUT2D eigenvalue weighted by molar-refractivity contribution is 5.93. The maximum Gasteiger partial charge on any atom is 0.416 e. The second-order valence-electron chi connectivity index (χ2n) is 6.18. The van der Waals surface area contributed by atoms with Crippen LogP contribution in [0.2, 0.25) is 0 Å². The maximum absolute atomic E-state index is 12.7. The number of nitrogens with zero attached hydrogens (tertiary/aromatic N) is 3. The number of nitro benzene ring substituents is 1. The molecule has 0 unspecified atom stereocenters. The van der Waals surface area contributed by atoms with Crippen LogP contribution in [-0.4, -0.2) is 33.7 Å². The van der Waals surface area contributed by atoms with Crippen molar-refractivity contribution >= 4 is 17.3 Å². The molecule has 0 bridgehead atoms. The first-order valence-corrected chi connectivity index (χ1v) is 8.73. The molecule has 1 aromatic heterocycles. The summed E-state index contributed by atoms with van der Waals surface area (Å²) in [6, 6.07) is 11.4. The minimum Gasteiger partial charge on any atom is -0.378 e. The Bertz CT molecular complexity index is 1050. The molecule has 11 heteroatoms. The van der Waals surface area contributed by atoms with Crippen molar-refractivity contribution in [3.8, 4) is 5.69 Å². The molecule has 0 aliphatic rings. The van der Waals surface area contributed by atoms with Gasteiger partial charge in [-0.1, -0.05) is 18.2 Å². The van der Waals surface area contributed by atoms with Crippen molar-refractivity contribution in [1.29, 1.82) is 0 Å². The Morgan fingerprint density at radius 2 is 1.87 bits per heavy atom. The summed E-state index contributed by atoms with van der Waals surface area (Å²) in [4.78, 5) is 22.4. The second-order valence-corrected chi connectivity index (χ2v) is 6.18. The van der Waals surface area contributed by atoms with E-state index in [-0.39, 0.29) is 18.8 Å². The van der Waals surface area contributed by atoms with Crippen LogP contribution >= 0.6 is 0 Å². The Morgan fingerprint density at radius 1 is 1.13 bits per heavy atom. The van der Waals surface area contributed by atoms with Crippen molar-refractivity contribution in [1.82, 2.24) is 15.1 Å². The first-order chi connectivity index (χ1) is 14.3. The van der Waals surface area contributed by atoms with Gasteiger partial charge in [-0.2, -0.15) is 18.3 Å².